The summed E-state index contributed by atoms with van der Waals surface area (Å²) in [6, 6.07) is 19.0. The lowest BCUT2D eigenvalue weighted by Gasteiger charge is -2.18. The summed E-state index contributed by atoms with van der Waals surface area (Å²) in [6.07, 6.45) is 5.83. The molecule has 5 nitrogen and oxygen atoms in total. The molecule has 0 aliphatic heterocycles. The highest BCUT2D eigenvalue weighted by molar-refractivity contribution is 5.83. The molecule has 2 heterocycles. The molecule has 0 amide bonds. The van der Waals surface area contributed by atoms with Crippen LogP contribution in [0.2, 0.25) is 0 Å². The monoisotopic (exact) mass is 371 g/mol. The van der Waals surface area contributed by atoms with Crippen LogP contribution in [0.1, 0.15) is 29.7 Å². The number of anilines is 2. The van der Waals surface area contributed by atoms with Gasteiger partial charge in [0.05, 0.1) is 0 Å². The van der Waals surface area contributed by atoms with Crippen molar-refractivity contribution in [3.8, 4) is 0 Å². The number of H-pyrrole nitrogens is 1. The summed E-state index contributed by atoms with van der Waals surface area (Å²) in [6.45, 7) is 2.15. The van der Waals surface area contributed by atoms with E-state index in [9.17, 15) is 0 Å². The van der Waals surface area contributed by atoms with Gasteiger partial charge in [-0.2, -0.15) is 4.98 Å². The molecule has 4 aromatic rings. The van der Waals surface area contributed by atoms with Crippen LogP contribution in [0, 0.1) is 0 Å². The molecule has 5 heteroatoms. The van der Waals surface area contributed by atoms with Gasteiger partial charge in [0.2, 0.25) is 5.95 Å². The van der Waals surface area contributed by atoms with E-state index in [-0.39, 0.29) is 6.04 Å². The highest BCUT2D eigenvalue weighted by Gasteiger charge is 2.12. The number of nitrogens with one attached hydrogen (secondary N) is 3. The Morgan fingerprint density at radius 2 is 1.71 bits per heavy atom. The summed E-state index contributed by atoms with van der Waals surface area (Å²) < 4.78 is 0. The van der Waals surface area contributed by atoms with Crippen LogP contribution in [0.3, 0.4) is 0 Å². The SMILES string of the molecule is CNc1ncc(CCc2c[nH]c3ccccc23)c(NC(C)c2ccccc2)n1. The van der Waals surface area contributed by atoms with E-state index in [1.54, 1.807) is 0 Å². The molecule has 0 aliphatic rings. The Morgan fingerprint density at radius 1 is 0.964 bits per heavy atom. The Labute approximate surface area is 165 Å². The summed E-state index contributed by atoms with van der Waals surface area (Å²) >= 11 is 0. The Balaban J connectivity index is 1.56. The van der Waals surface area contributed by atoms with E-state index in [1.165, 1.54) is 22.0 Å². The molecular formula is C23H25N5. The Bertz CT molecular complexity index is 1050. The molecule has 2 aromatic carbocycles. The van der Waals surface area contributed by atoms with E-state index in [0.717, 1.165) is 24.2 Å². The van der Waals surface area contributed by atoms with Gasteiger partial charge in [-0.1, -0.05) is 48.5 Å². The molecule has 0 fully saturated rings. The number of benzene rings is 2. The quantitative estimate of drug-likeness (QED) is 0.430. The smallest absolute Gasteiger partial charge is 0.224 e. The van der Waals surface area contributed by atoms with Crippen LogP contribution in [0.25, 0.3) is 10.9 Å². The van der Waals surface area contributed by atoms with Gasteiger partial charge in [-0.25, -0.2) is 4.98 Å². The summed E-state index contributed by atoms with van der Waals surface area (Å²) in [7, 11) is 1.84. The minimum atomic E-state index is 0.160. The highest BCUT2D eigenvalue weighted by Crippen LogP contribution is 2.24. The normalized spacial score (nSPS) is 12.1. The fraction of sp³-hybridized carbons (Fsp3) is 0.217. The zero-order chi connectivity index (χ0) is 19.3. The molecule has 0 radical (unpaired) electrons. The third kappa shape index (κ3) is 3.83. The van der Waals surface area contributed by atoms with Gasteiger partial charge in [0.15, 0.2) is 0 Å². The second-order valence-corrected chi connectivity index (χ2v) is 6.95. The van der Waals surface area contributed by atoms with E-state index >= 15 is 0 Å². The van der Waals surface area contributed by atoms with E-state index < -0.39 is 0 Å². The van der Waals surface area contributed by atoms with Gasteiger partial charge in [-0.3, -0.25) is 0 Å². The van der Waals surface area contributed by atoms with Crippen molar-refractivity contribution in [1.82, 2.24) is 15.0 Å². The Morgan fingerprint density at radius 3 is 2.54 bits per heavy atom. The summed E-state index contributed by atoms with van der Waals surface area (Å²) in [5.74, 6) is 1.51. The second kappa shape index (κ2) is 8.13. The standard InChI is InChI=1S/C23H25N5/c1-16(17-8-4-3-5-9-17)27-22-19(15-26-23(24-2)28-22)13-12-18-14-25-21-11-7-6-10-20(18)21/h3-11,14-16,25H,12-13H2,1-2H3,(H2,24,26,27,28). The van der Waals surface area contributed by atoms with Gasteiger partial charge in [0.1, 0.15) is 5.82 Å². The first-order valence-electron chi connectivity index (χ1n) is 9.64. The van der Waals surface area contributed by atoms with E-state index in [0.29, 0.717) is 5.95 Å². The number of hydrogen-bond donors (Lipinski definition) is 3. The van der Waals surface area contributed by atoms with Crippen molar-refractivity contribution in [2.75, 3.05) is 17.7 Å². The highest BCUT2D eigenvalue weighted by atomic mass is 15.1. The van der Waals surface area contributed by atoms with E-state index in [2.05, 4.69) is 87.2 Å². The van der Waals surface area contributed by atoms with Crippen LogP contribution in [-0.4, -0.2) is 22.0 Å². The maximum atomic E-state index is 4.68. The van der Waals surface area contributed by atoms with Gasteiger partial charge in [0.25, 0.3) is 0 Å². The number of para-hydroxylation sites is 1. The number of rotatable bonds is 7. The zero-order valence-corrected chi connectivity index (χ0v) is 16.2. The van der Waals surface area contributed by atoms with Crippen molar-refractivity contribution in [2.45, 2.75) is 25.8 Å². The van der Waals surface area contributed by atoms with Crippen LogP contribution < -0.4 is 10.6 Å². The number of hydrogen-bond acceptors (Lipinski definition) is 4. The summed E-state index contributed by atoms with van der Waals surface area (Å²) in [5.41, 5.74) is 4.84. The molecule has 1 atom stereocenters. The fourth-order valence-corrected chi connectivity index (χ4v) is 3.47. The number of nitrogens with zero attached hydrogens (tertiary/aromatic N) is 2. The van der Waals surface area contributed by atoms with Crippen LogP contribution >= 0.6 is 0 Å². The number of aryl methyl sites for hydroxylation is 2. The Kier molecular flexibility index (Phi) is 5.24. The Hall–Kier alpha value is -3.34. The molecule has 3 N–H and O–H groups in total. The van der Waals surface area contributed by atoms with Gasteiger partial charge >= 0.3 is 0 Å². The van der Waals surface area contributed by atoms with Gasteiger partial charge in [-0.15, -0.1) is 0 Å². The van der Waals surface area contributed by atoms with Crippen LogP contribution in [0.4, 0.5) is 11.8 Å². The van der Waals surface area contributed by atoms with Gasteiger partial charge in [0, 0.05) is 41.9 Å². The molecule has 1 unspecified atom stereocenters. The molecule has 0 aliphatic carbocycles. The number of aromatic nitrogens is 3. The third-order valence-electron chi connectivity index (χ3n) is 5.08. The third-order valence-corrected chi connectivity index (χ3v) is 5.08. The molecule has 4 rings (SSSR count). The first-order valence-corrected chi connectivity index (χ1v) is 9.64. The first-order chi connectivity index (χ1) is 13.7. The average molecular weight is 371 g/mol. The largest absolute Gasteiger partial charge is 0.363 e. The van der Waals surface area contributed by atoms with Crippen LogP contribution in [0.15, 0.2) is 67.0 Å². The summed E-state index contributed by atoms with van der Waals surface area (Å²) in [4.78, 5) is 12.5. The average Bonchev–Trinajstić information content (AvgIpc) is 3.16. The molecule has 0 saturated carbocycles. The van der Waals surface area contributed by atoms with Crippen molar-refractivity contribution >= 4 is 22.7 Å². The van der Waals surface area contributed by atoms with Gasteiger partial charge in [-0.05, 0) is 37.0 Å². The molecule has 0 saturated heterocycles. The topological polar surface area (TPSA) is 65.6 Å². The number of aromatic amines is 1. The molecule has 0 bridgehead atoms. The predicted octanol–water partition coefficient (Wildman–Crippen LogP) is 4.96. The molecular weight excluding hydrogens is 346 g/mol. The molecule has 142 valence electrons. The molecule has 2 aromatic heterocycles. The van der Waals surface area contributed by atoms with E-state index in [1.807, 2.05) is 19.3 Å². The maximum Gasteiger partial charge on any atom is 0.224 e. The van der Waals surface area contributed by atoms with Crippen molar-refractivity contribution in [2.24, 2.45) is 0 Å². The van der Waals surface area contributed by atoms with Crippen LogP contribution in [-0.2, 0) is 12.8 Å². The maximum absolute atomic E-state index is 4.68. The number of fused-ring (bicyclic) bond motifs is 1. The van der Waals surface area contributed by atoms with Crippen molar-refractivity contribution in [1.29, 1.82) is 0 Å². The van der Waals surface area contributed by atoms with E-state index in [4.69, 9.17) is 0 Å². The lowest BCUT2D eigenvalue weighted by molar-refractivity contribution is 0.855. The molecule has 28 heavy (non-hydrogen) atoms. The van der Waals surface area contributed by atoms with Crippen molar-refractivity contribution in [3.63, 3.8) is 0 Å². The first kappa shape index (κ1) is 18.0. The minimum absolute atomic E-state index is 0.160. The minimum Gasteiger partial charge on any atom is -0.363 e. The fourth-order valence-electron chi connectivity index (χ4n) is 3.47. The van der Waals surface area contributed by atoms with Crippen molar-refractivity contribution < 1.29 is 0 Å². The predicted molar refractivity (Wildman–Crippen MR) is 116 cm³/mol. The summed E-state index contributed by atoms with van der Waals surface area (Å²) in [5, 5.41) is 7.88. The molecule has 0 spiro atoms. The second-order valence-electron chi connectivity index (χ2n) is 6.95. The van der Waals surface area contributed by atoms with Crippen LogP contribution in [0.5, 0.6) is 0 Å². The lowest BCUT2D eigenvalue weighted by Crippen LogP contribution is -2.12. The lowest BCUT2D eigenvalue weighted by atomic mass is 10.0. The van der Waals surface area contributed by atoms with Gasteiger partial charge < -0.3 is 15.6 Å². The van der Waals surface area contributed by atoms with Crippen molar-refractivity contribution in [3.05, 3.63) is 83.7 Å². The zero-order valence-electron chi connectivity index (χ0n) is 16.2.